The molecule has 0 aromatic heterocycles. The molecule has 0 radical (unpaired) electrons. The van der Waals surface area contributed by atoms with E-state index in [2.05, 4.69) is 0 Å². The molecule has 2 aliphatic heterocycles. The lowest BCUT2D eigenvalue weighted by Crippen LogP contribution is -2.43. The quantitative estimate of drug-likeness (QED) is 0.597. The highest BCUT2D eigenvalue weighted by atomic mass is 35.7. The number of rotatable bonds is 0. The molecule has 2 aliphatic rings. The van der Waals surface area contributed by atoms with Crippen molar-refractivity contribution in [2.45, 2.75) is 0 Å². The minimum atomic E-state index is -1.18. The normalized spacial score (nSPS) is 45.2. The summed E-state index contributed by atoms with van der Waals surface area (Å²) in [6.45, 7) is 2.44. The zero-order chi connectivity index (χ0) is 8.44. The van der Waals surface area contributed by atoms with Gasteiger partial charge in [-0.3, -0.25) is 0 Å². The Balaban J connectivity index is 1.92. The highest BCUT2D eigenvalue weighted by molar-refractivity contribution is 7.76. The van der Waals surface area contributed by atoms with Crippen LogP contribution in [-0.4, -0.2) is 26.4 Å². The predicted molar refractivity (Wildman–Crippen MR) is 47.3 cm³/mol. The first kappa shape index (κ1) is 9.54. The number of hydrogen-bond donors (Lipinski definition) is 0. The van der Waals surface area contributed by atoms with Crippen LogP contribution in [0.5, 0.6) is 0 Å². The van der Waals surface area contributed by atoms with Gasteiger partial charge in [-0.2, -0.15) is 0 Å². The third kappa shape index (κ3) is 2.08. The summed E-state index contributed by atoms with van der Waals surface area (Å²) in [7, 11) is -1.02. The van der Waals surface area contributed by atoms with E-state index in [0.29, 0.717) is 26.4 Å². The molecule has 12 heavy (non-hydrogen) atoms. The van der Waals surface area contributed by atoms with Gasteiger partial charge in [-0.15, -0.1) is 0 Å². The van der Waals surface area contributed by atoms with Crippen LogP contribution < -0.4 is 0 Å². The number of hydrogen-bond acceptors (Lipinski definition) is 4. The minimum absolute atomic E-state index is 0.112. The molecule has 0 N–H and O–H groups in total. The Bertz CT molecular complexity index is 154. The van der Waals surface area contributed by atoms with Crippen molar-refractivity contribution >= 4 is 28.0 Å². The third-order valence-corrected chi connectivity index (χ3v) is 3.59. The smallest absolute Gasteiger partial charge is 0.276 e. The van der Waals surface area contributed by atoms with Crippen molar-refractivity contribution in [1.82, 2.24) is 0 Å². The highest BCUT2D eigenvalue weighted by Crippen LogP contribution is 2.51. The SMILES string of the molecule is ClP1OCC2(COPOC2)CO1. The molecule has 0 atom stereocenters. The van der Waals surface area contributed by atoms with Gasteiger partial charge in [-0.05, 0) is 11.2 Å². The molecule has 70 valence electrons. The third-order valence-electron chi connectivity index (χ3n) is 1.82. The van der Waals surface area contributed by atoms with Gasteiger partial charge in [-0.25, -0.2) is 0 Å². The first-order valence-corrected chi connectivity index (χ1v) is 6.41. The first-order chi connectivity index (χ1) is 5.81. The van der Waals surface area contributed by atoms with Crippen LogP contribution in [0.15, 0.2) is 0 Å². The van der Waals surface area contributed by atoms with E-state index in [1.54, 1.807) is 0 Å². The first-order valence-electron chi connectivity index (χ1n) is 3.51. The Hall–Kier alpha value is 0.990. The summed E-state index contributed by atoms with van der Waals surface area (Å²) in [5, 5.41) is 0. The summed E-state index contributed by atoms with van der Waals surface area (Å²) in [5.74, 6) is 0. The molecule has 7 heteroatoms. The maximum atomic E-state index is 5.66. The van der Waals surface area contributed by atoms with Crippen LogP contribution in [0.1, 0.15) is 0 Å². The predicted octanol–water partition coefficient (Wildman–Crippen LogP) is 2.04. The Morgan fingerprint density at radius 2 is 1.67 bits per heavy atom. The van der Waals surface area contributed by atoms with Gasteiger partial charge < -0.3 is 18.1 Å². The van der Waals surface area contributed by atoms with Crippen LogP contribution >= 0.6 is 28.0 Å². The van der Waals surface area contributed by atoms with E-state index < -0.39 is 7.73 Å². The molecule has 0 aliphatic carbocycles. The van der Waals surface area contributed by atoms with Gasteiger partial charge in [0.2, 0.25) is 0 Å². The molecule has 0 saturated carbocycles. The van der Waals surface area contributed by atoms with Crippen LogP contribution in [0, 0.1) is 5.41 Å². The van der Waals surface area contributed by atoms with Crippen LogP contribution in [0.25, 0.3) is 0 Å². The summed E-state index contributed by atoms with van der Waals surface area (Å²) >= 11 is 5.66. The molecule has 0 bridgehead atoms. The highest BCUT2D eigenvalue weighted by Gasteiger charge is 2.40. The Morgan fingerprint density at radius 1 is 1.08 bits per heavy atom. The van der Waals surface area contributed by atoms with Crippen molar-refractivity contribution in [2.24, 2.45) is 5.41 Å². The van der Waals surface area contributed by atoms with E-state index >= 15 is 0 Å². The molecule has 0 amide bonds. The topological polar surface area (TPSA) is 36.9 Å². The zero-order valence-corrected chi connectivity index (χ0v) is 8.94. The fraction of sp³-hybridized carbons (Fsp3) is 1.00. The van der Waals surface area contributed by atoms with Gasteiger partial charge >= 0.3 is 0 Å². The zero-order valence-electron chi connectivity index (χ0n) is 6.29. The van der Waals surface area contributed by atoms with Crippen LogP contribution in [0.3, 0.4) is 0 Å². The standard InChI is InChI=1S/C5H9ClO4P2/c6-12-9-3-5(4-10-12)1-7-11-8-2-5/h11H,1-4H2. The second-order valence-corrected chi connectivity index (χ2v) is 5.43. The summed E-state index contributed by atoms with van der Waals surface area (Å²) in [5.41, 5.74) is -0.112. The van der Waals surface area contributed by atoms with Crippen LogP contribution in [-0.2, 0) is 18.1 Å². The maximum absolute atomic E-state index is 5.66. The molecular formula is C5H9ClO4P2. The number of halogens is 1. The van der Waals surface area contributed by atoms with Crippen LogP contribution in [0.4, 0.5) is 0 Å². The fourth-order valence-corrected chi connectivity index (χ4v) is 3.00. The Labute approximate surface area is 78.5 Å². The van der Waals surface area contributed by atoms with E-state index in [1.807, 2.05) is 0 Å². The molecule has 0 unspecified atom stereocenters. The Kier molecular flexibility index (Phi) is 3.19. The minimum Gasteiger partial charge on any atom is -0.335 e. The molecule has 2 heterocycles. The van der Waals surface area contributed by atoms with E-state index in [0.717, 1.165) is 0 Å². The maximum Gasteiger partial charge on any atom is 0.276 e. The monoisotopic (exact) mass is 230 g/mol. The van der Waals surface area contributed by atoms with Gasteiger partial charge in [0.25, 0.3) is 7.73 Å². The lowest BCUT2D eigenvalue weighted by molar-refractivity contribution is -0.0462. The van der Waals surface area contributed by atoms with E-state index in [-0.39, 0.29) is 14.4 Å². The van der Waals surface area contributed by atoms with Gasteiger partial charge in [0.15, 0.2) is 9.03 Å². The van der Waals surface area contributed by atoms with E-state index in [1.165, 1.54) is 0 Å². The van der Waals surface area contributed by atoms with Crippen molar-refractivity contribution in [2.75, 3.05) is 26.4 Å². The average molecular weight is 231 g/mol. The van der Waals surface area contributed by atoms with Crippen molar-refractivity contribution in [3.8, 4) is 0 Å². The van der Waals surface area contributed by atoms with Gasteiger partial charge in [0, 0.05) is 0 Å². The summed E-state index contributed by atoms with van der Waals surface area (Å²) in [4.78, 5) is 0. The van der Waals surface area contributed by atoms with Crippen molar-refractivity contribution < 1.29 is 18.1 Å². The molecule has 0 aromatic carbocycles. The van der Waals surface area contributed by atoms with Crippen LogP contribution in [0.2, 0.25) is 0 Å². The molecule has 1 spiro atoms. The Morgan fingerprint density at radius 3 is 2.25 bits per heavy atom. The van der Waals surface area contributed by atoms with E-state index in [4.69, 9.17) is 29.3 Å². The van der Waals surface area contributed by atoms with E-state index in [9.17, 15) is 0 Å². The lowest BCUT2D eigenvalue weighted by Gasteiger charge is -2.39. The fourth-order valence-electron chi connectivity index (χ4n) is 1.07. The van der Waals surface area contributed by atoms with Crippen molar-refractivity contribution in [3.63, 3.8) is 0 Å². The molecule has 2 fully saturated rings. The second kappa shape index (κ2) is 4.02. The average Bonchev–Trinajstić information content (AvgIpc) is 2.13. The van der Waals surface area contributed by atoms with Gasteiger partial charge in [0.1, 0.15) is 0 Å². The molecule has 4 nitrogen and oxygen atoms in total. The summed E-state index contributed by atoms with van der Waals surface area (Å²) in [6, 6.07) is 0. The van der Waals surface area contributed by atoms with Gasteiger partial charge in [0.05, 0.1) is 31.8 Å². The summed E-state index contributed by atoms with van der Waals surface area (Å²) in [6.07, 6.45) is 0. The second-order valence-electron chi connectivity index (χ2n) is 2.92. The largest absolute Gasteiger partial charge is 0.335 e. The molecule has 2 saturated heterocycles. The summed E-state index contributed by atoms with van der Waals surface area (Å²) < 4.78 is 20.9. The molecular weight excluding hydrogens is 221 g/mol. The van der Waals surface area contributed by atoms with Crippen molar-refractivity contribution in [3.05, 3.63) is 0 Å². The lowest BCUT2D eigenvalue weighted by atomic mass is 9.93. The van der Waals surface area contributed by atoms with Gasteiger partial charge in [-0.1, -0.05) is 0 Å². The molecule has 0 aromatic rings. The molecule has 2 rings (SSSR count). The van der Waals surface area contributed by atoms with Crippen molar-refractivity contribution in [1.29, 1.82) is 0 Å².